The van der Waals surface area contributed by atoms with Gasteiger partial charge in [-0.25, -0.2) is 0 Å². The predicted octanol–water partition coefficient (Wildman–Crippen LogP) is 5.13. The van der Waals surface area contributed by atoms with Crippen LogP contribution in [0, 0.1) is 11.8 Å². The number of hydrogen-bond acceptors (Lipinski definition) is 1. The largest absolute Gasteiger partial charge is 0.313 e. The van der Waals surface area contributed by atoms with E-state index in [0.29, 0.717) is 5.92 Å². The van der Waals surface area contributed by atoms with Gasteiger partial charge in [0, 0.05) is 12.6 Å². The van der Waals surface area contributed by atoms with E-state index in [9.17, 15) is 0 Å². The number of nitrogens with one attached hydrogen (secondary N) is 1. The second-order valence-corrected chi connectivity index (χ2v) is 7.33. The highest BCUT2D eigenvalue weighted by atomic mass is 14.9. The lowest BCUT2D eigenvalue weighted by molar-refractivity contribution is 0.237. The van der Waals surface area contributed by atoms with E-state index < -0.39 is 0 Å². The Morgan fingerprint density at radius 3 is 2.52 bits per heavy atom. The molecule has 1 nitrogen and oxygen atoms in total. The van der Waals surface area contributed by atoms with Gasteiger partial charge in [-0.2, -0.15) is 0 Å². The molecule has 0 aromatic heterocycles. The van der Waals surface area contributed by atoms with Gasteiger partial charge in [-0.1, -0.05) is 62.9 Å². The Morgan fingerprint density at radius 1 is 1.05 bits per heavy atom. The Labute approximate surface area is 130 Å². The average Bonchev–Trinajstić information content (AvgIpc) is 3.37. The summed E-state index contributed by atoms with van der Waals surface area (Å²) in [7, 11) is 0. The van der Waals surface area contributed by atoms with Gasteiger partial charge >= 0.3 is 0 Å². The number of hydrogen-bond donors (Lipinski definition) is 1. The number of rotatable bonds is 7. The molecular weight excluding hydrogens is 254 g/mol. The molecule has 3 rings (SSSR count). The molecule has 21 heavy (non-hydrogen) atoms. The van der Waals surface area contributed by atoms with Gasteiger partial charge in [-0.05, 0) is 49.0 Å². The van der Waals surface area contributed by atoms with Crippen molar-refractivity contribution in [1.82, 2.24) is 5.32 Å². The standard InChI is InChI=1S/C20H31N/c1-2-16-7-6-8-17(13-16)14-19(15-21-20-11-12-20)18-9-4-3-5-10-18/h3-5,9-10,16-17,19-21H,2,6-8,11-15H2,1H3. The highest BCUT2D eigenvalue weighted by Gasteiger charge is 2.26. The SMILES string of the molecule is CCC1CCCC(CC(CNC2CC2)c2ccccc2)C1. The van der Waals surface area contributed by atoms with Crippen LogP contribution in [0.3, 0.4) is 0 Å². The normalized spacial score (nSPS) is 27.5. The molecule has 1 aromatic rings. The Bertz CT molecular complexity index is 409. The molecule has 2 fully saturated rings. The van der Waals surface area contributed by atoms with Gasteiger partial charge in [0.15, 0.2) is 0 Å². The van der Waals surface area contributed by atoms with E-state index >= 15 is 0 Å². The maximum absolute atomic E-state index is 3.77. The fraction of sp³-hybridized carbons (Fsp3) is 0.700. The third kappa shape index (κ3) is 4.57. The fourth-order valence-electron chi connectivity index (χ4n) is 4.05. The molecule has 0 saturated heterocycles. The third-order valence-electron chi connectivity index (χ3n) is 5.59. The van der Waals surface area contributed by atoms with Crippen molar-refractivity contribution in [2.24, 2.45) is 11.8 Å². The summed E-state index contributed by atoms with van der Waals surface area (Å²) in [6, 6.07) is 12.0. The van der Waals surface area contributed by atoms with E-state index in [4.69, 9.17) is 0 Å². The first-order valence-electron chi connectivity index (χ1n) is 9.13. The molecule has 0 amide bonds. The minimum Gasteiger partial charge on any atom is -0.313 e. The molecule has 0 bridgehead atoms. The Morgan fingerprint density at radius 2 is 1.81 bits per heavy atom. The first-order valence-corrected chi connectivity index (χ1v) is 9.13. The molecule has 3 atom stereocenters. The van der Waals surface area contributed by atoms with E-state index in [1.807, 2.05) is 0 Å². The van der Waals surface area contributed by atoms with Crippen molar-refractivity contribution in [1.29, 1.82) is 0 Å². The number of benzene rings is 1. The van der Waals surface area contributed by atoms with Crippen LogP contribution >= 0.6 is 0 Å². The summed E-state index contributed by atoms with van der Waals surface area (Å²) in [6.45, 7) is 3.55. The lowest BCUT2D eigenvalue weighted by Crippen LogP contribution is -2.26. The molecule has 0 spiro atoms. The maximum Gasteiger partial charge on any atom is 0.00684 e. The van der Waals surface area contributed by atoms with Gasteiger partial charge in [0.25, 0.3) is 0 Å². The fourth-order valence-corrected chi connectivity index (χ4v) is 4.05. The predicted molar refractivity (Wildman–Crippen MR) is 90.6 cm³/mol. The zero-order valence-corrected chi connectivity index (χ0v) is 13.6. The van der Waals surface area contributed by atoms with Crippen LogP contribution in [-0.4, -0.2) is 12.6 Å². The lowest BCUT2D eigenvalue weighted by atomic mass is 9.75. The summed E-state index contributed by atoms with van der Waals surface area (Å²) in [6.07, 6.45) is 11.4. The molecule has 1 N–H and O–H groups in total. The van der Waals surface area contributed by atoms with Crippen LogP contribution in [-0.2, 0) is 0 Å². The molecule has 2 aliphatic carbocycles. The van der Waals surface area contributed by atoms with Crippen LogP contribution < -0.4 is 5.32 Å². The van der Waals surface area contributed by atoms with Gasteiger partial charge in [0.2, 0.25) is 0 Å². The van der Waals surface area contributed by atoms with E-state index in [2.05, 4.69) is 42.6 Å². The van der Waals surface area contributed by atoms with Crippen molar-refractivity contribution in [2.75, 3.05) is 6.54 Å². The minimum absolute atomic E-state index is 0.715. The molecule has 0 radical (unpaired) electrons. The highest BCUT2D eigenvalue weighted by Crippen LogP contribution is 2.37. The van der Waals surface area contributed by atoms with Crippen molar-refractivity contribution < 1.29 is 0 Å². The first-order chi connectivity index (χ1) is 10.3. The minimum atomic E-state index is 0.715. The molecule has 3 unspecified atom stereocenters. The van der Waals surface area contributed by atoms with Crippen LogP contribution in [0.2, 0.25) is 0 Å². The topological polar surface area (TPSA) is 12.0 Å². The van der Waals surface area contributed by atoms with Gasteiger partial charge < -0.3 is 5.32 Å². The molecule has 1 heteroatoms. The van der Waals surface area contributed by atoms with Gasteiger partial charge in [0.05, 0.1) is 0 Å². The van der Waals surface area contributed by atoms with Crippen molar-refractivity contribution in [3.63, 3.8) is 0 Å². The van der Waals surface area contributed by atoms with E-state index in [-0.39, 0.29) is 0 Å². The molecular formula is C20H31N. The van der Waals surface area contributed by atoms with Crippen LogP contribution in [0.4, 0.5) is 0 Å². The molecule has 2 saturated carbocycles. The zero-order chi connectivity index (χ0) is 14.5. The van der Waals surface area contributed by atoms with Crippen molar-refractivity contribution >= 4 is 0 Å². The molecule has 1 aromatic carbocycles. The maximum atomic E-state index is 3.77. The molecule has 0 aliphatic heterocycles. The highest BCUT2D eigenvalue weighted by molar-refractivity contribution is 5.20. The van der Waals surface area contributed by atoms with Crippen LogP contribution in [0.15, 0.2) is 30.3 Å². The Kier molecular flexibility index (Phi) is 5.35. The van der Waals surface area contributed by atoms with E-state index in [0.717, 1.165) is 17.9 Å². The monoisotopic (exact) mass is 285 g/mol. The Hall–Kier alpha value is -0.820. The lowest BCUT2D eigenvalue weighted by Gasteiger charge is -2.31. The van der Waals surface area contributed by atoms with E-state index in [1.54, 1.807) is 5.56 Å². The molecule has 2 aliphatic rings. The van der Waals surface area contributed by atoms with Gasteiger partial charge in [-0.3, -0.25) is 0 Å². The molecule has 116 valence electrons. The van der Waals surface area contributed by atoms with Crippen LogP contribution in [0.5, 0.6) is 0 Å². The summed E-state index contributed by atoms with van der Waals surface area (Å²) in [5, 5.41) is 3.77. The quantitative estimate of drug-likeness (QED) is 0.732. The summed E-state index contributed by atoms with van der Waals surface area (Å²) in [4.78, 5) is 0. The van der Waals surface area contributed by atoms with Gasteiger partial charge in [-0.15, -0.1) is 0 Å². The Balaban J connectivity index is 1.60. The molecule has 0 heterocycles. The van der Waals surface area contributed by atoms with Crippen molar-refractivity contribution in [3.8, 4) is 0 Å². The summed E-state index contributed by atoms with van der Waals surface area (Å²) in [5.74, 6) is 2.67. The van der Waals surface area contributed by atoms with Crippen molar-refractivity contribution in [2.45, 2.75) is 70.3 Å². The van der Waals surface area contributed by atoms with Gasteiger partial charge in [0.1, 0.15) is 0 Å². The summed E-state index contributed by atoms with van der Waals surface area (Å²) >= 11 is 0. The van der Waals surface area contributed by atoms with Crippen LogP contribution in [0.1, 0.15) is 69.8 Å². The van der Waals surface area contributed by atoms with Crippen molar-refractivity contribution in [3.05, 3.63) is 35.9 Å². The first kappa shape index (κ1) is 15.1. The summed E-state index contributed by atoms with van der Waals surface area (Å²) in [5.41, 5.74) is 1.55. The average molecular weight is 285 g/mol. The smallest absolute Gasteiger partial charge is 0.00684 e. The second kappa shape index (κ2) is 7.45. The van der Waals surface area contributed by atoms with Crippen LogP contribution in [0.25, 0.3) is 0 Å². The second-order valence-electron chi connectivity index (χ2n) is 7.33. The summed E-state index contributed by atoms with van der Waals surface area (Å²) < 4.78 is 0. The van der Waals surface area contributed by atoms with E-state index in [1.165, 1.54) is 57.9 Å². The third-order valence-corrected chi connectivity index (χ3v) is 5.59. The zero-order valence-electron chi connectivity index (χ0n) is 13.6.